The van der Waals surface area contributed by atoms with Crippen molar-refractivity contribution in [1.82, 2.24) is 19.9 Å². The minimum absolute atomic E-state index is 0.249. The Balaban J connectivity index is 1.59. The maximum absolute atomic E-state index is 12.9. The van der Waals surface area contributed by atoms with Gasteiger partial charge >= 0.3 is 0 Å². The molecule has 2 aliphatic rings. The molecule has 0 aliphatic carbocycles. The molecule has 1 amide bonds. The van der Waals surface area contributed by atoms with Crippen LogP contribution >= 0.6 is 0 Å². The van der Waals surface area contributed by atoms with Crippen molar-refractivity contribution in [3.05, 3.63) is 11.7 Å². The van der Waals surface area contributed by atoms with E-state index in [1.165, 1.54) is 0 Å². The molecule has 1 aromatic heterocycles. The largest absolute Gasteiger partial charge is 0.383 e. The molecule has 0 aromatic carbocycles. The summed E-state index contributed by atoms with van der Waals surface area (Å²) in [7, 11) is 3.27. The number of carbonyl (C=O) groups is 1. The number of methoxy groups -OCH3 is 2. The van der Waals surface area contributed by atoms with Crippen LogP contribution in [0.25, 0.3) is 0 Å². The van der Waals surface area contributed by atoms with Crippen molar-refractivity contribution in [3.63, 3.8) is 0 Å². The molecule has 1 aromatic rings. The normalized spacial score (nSPS) is 25.1. The van der Waals surface area contributed by atoms with Crippen molar-refractivity contribution in [2.45, 2.75) is 32.4 Å². The second-order valence-electron chi connectivity index (χ2n) is 6.67. The zero-order valence-corrected chi connectivity index (χ0v) is 14.5. The van der Waals surface area contributed by atoms with E-state index >= 15 is 0 Å². The SMILES string of the molecule is COCCN1CCC[C@]2(CCN(Cc3nc(COC)no3)C2)C1=O. The fourth-order valence-corrected chi connectivity index (χ4v) is 3.77. The van der Waals surface area contributed by atoms with Gasteiger partial charge in [-0.3, -0.25) is 9.69 Å². The first kappa shape index (κ1) is 17.3. The Morgan fingerprint density at radius 1 is 1.25 bits per heavy atom. The van der Waals surface area contributed by atoms with Crippen molar-refractivity contribution in [1.29, 1.82) is 0 Å². The smallest absolute Gasteiger partial charge is 0.240 e. The van der Waals surface area contributed by atoms with Crippen LogP contribution in [0.1, 0.15) is 31.0 Å². The summed E-state index contributed by atoms with van der Waals surface area (Å²) >= 11 is 0. The van der Waals surface area contributed by atoms with Crippen molar-refractivity contribution in [3.8, 4) is 0 Å². The van der Waals surface area contributed by atoms with Gasteiger partial charge in [-0.25, -0.2) is 0 Å². The van der Waals surface area contributed by atoms with E-state index in [-0.39, 0.29) is 11.3 Å². The number of piperidine rings is 1. The lowest BCUT2D eigenvalue weighted by molar-refractivity contribution is -0.146. The van der Waals surface area contributed by atoms with Crippen LogP contribution in [0.4, 0.5) is 0 Å². The molecular formula is C16H26N4O4. The van der Waals surface area contributed by atoms with E-state index in [2.05, 4.69) is 15.0 Å². The summed E-state index contributed by atoms with van der Waals surface area (Å²) in [4.78, 5) is 21.4. The van der Waals surface area contributed by atoms with Gasteiger partial charge in [0.2, 0.25) is 11.8 Å². The van der Waals surface area contributed by atoms with Crippen molar-refractivity contribution in [2.75, 3.05) is 47.0 Å². The highest BCUT2D eigenvalue weighted by molar-refractivity contribution is 5.84. The van der Waals surface area contributed by atoms with E-state index < -0.39 is 0 Å². The molecule has 134 valence electrons. The number of carbonyl (C=O) groups excluding carboxylic acids is 1. The standard InChI is InChI=1S/C16H26N4O4/c1-22-9-8-20-6-3-4-16(15(20)21)5-7-19(12-16)10-14-17-13(11-23-2)18-24-14/h3-12H2,1-2H3/t16-/m1/s1. The highest BCUT2D eigenvalue weighted by Gasteiger charge is 2.48. The lowest BCUT2D eigenvalue weighted by Crippen LogP contribution is -2.50. The molecular weight excluding hydrogens is 312 g/mol. The summed E-state index contributed by atoms with van der Waals surface area (Å²) < 4.78 is 15.4. The average Bonchev–Trinajstić information content (AvgIpc) is 3.18. The van der Waals surface area contributed by atoms with Gasteiger partial charge in [0.15, 0.2) is 5.82 Å². The molecule has 1 atom stereocenters. The topological polar surface area (TPSA) is 80.9 Å². The van der Waals surface area contributed by atoms with Crippen molar-refractivity contribution < 1.29 is 18.8 Å². The number of hydrogen-bond acceptors (Lipinski definition) is 7. The lowest BCUT2D eigenvalue weighted by atomic mass is 9.78. The monoisotopic (exact) mass is 338 g/mol. The van der Waals surface area contributed by atoms with Crippen LogP contribution in [-0.4, -0.2) is 72.9 Å². The number of aromatic nitrogens is 2. The third-order valence-electron chi connectivity index (χ3n) is 4.96. The number of ether oxygens (including phenoxy) is 2. The van der Waals surface area contributed by atoms with Crippen molar-refractivity contribution >= 4 is 5.91 Å². The van der Waals surface area contributed by atoms with Crippen molar-refractivity contribution in [2.24, 2.45) is 5.41 Å². The van der Waals surface area contributed by atoms with Gasteiger partial charge in [0.05, 0.1) is 18.6 Å². The maximum atomic E-state index is 12.9. The van der Waals surface area contributed by atoms with Crippen LogP contribution in [0.5, 0.6) is 0 Å². The molecule has 0 radical (unpaired) electrons. The predicted molar refractivity (Wildman–Crippen MR) is 85.0 cm³/mol. The molecule has 8 nitrogen and oxygen atoms in total. The highest BCUT2D eigenvalue weighted by Crippen LogP contribution is 2.40. The first-order valence-corrected chi connectivity index (χ1v) is 8.48. The molecule has 0 unspecified atom stereocenters. The van der Waals surface area contributed by atoms with E-state index in [9.17, 15) is 4.79 Å². The molecule has 0 N–H and O–H groups in total. The average molecular weight is 338 g/mol. The third-order valence-corrected chi connectivity index (χ3v) is 4.96. The first-order chi connectivity index (χ1) is 11.7. The summed E-state index contributed by atoms with van der Waals surface area (Å²) in [6, 6.07) is 0. The summed E-state index contributed by atoms with van der Waals surface area (Å²) in [5.74, 6) is 1.42. The fraction of sp³-hybridized carbons (Fsp3) is 0.812. The quantitative estimate of drug-likeness (QED) is 0.723. The Morgan fingerprint density at radius 3 is 2.92 bits per heavy atom. The van der Waals surface area contributed by atoms with Gasteiger partial charge < -0.3 is 18.9 Å². The third kappa shape index (κ3) is 3.60. The zero-order valence-electron chi connectivity index (χ0n) is 14.5. The van der Waals surface area contributed by atoms with Gasteiger partial charge in [-0.1, -0.05) is 5.16 Å². The van der Waals surface area contributed by atoms with Crippen LogP contribution in [0.3, 0.4) is 0 Å². The summed E-state index contributed by atoms with van der Waals surface area (Å²) in [6.45, 7) is 4.69. The van der Waals surface area contributed by atoms with Gasteiger partial charge in [0, 0.05) is 33.9 Å². The van der Waals surface area contributed by atoms with E-state index in [0.29, 0.717) is 38.0 Å². The molecule has 2 aliphatic heterocycles. The van der Waals surface area contributed by atoms with Gasteiger partial charge in [-0.05, 0) is 25.8 Å². The Bertz CT molecular complexity index is 564. The number of likely N-dealkylation sites (tertiary alicyclic amines) is 2. The summed E-state index contributed by atoms with van der Waals surface area (Å²) in [5, 5.41) is 3.89. The molecule has 3 heterocycles. The van der Waals surface area contributed by atoms with Gasteiger partial charge in [0.1, 0.15) is 6.61 Å². The Morgan fingerprint density at radius 2 is 2.12 bits per heavy atom. The summed E-state index contributed by atoms with van der Waals surface area (Å²) in [5.41, 5.74) is -0.249. The molecule has 8 heteroatoms. The van der Waals surface area contributed by atoms with Crippen LogP contribution in [-0.2, 0) is 27.4 Å². The van der Waals surface area contributed by atoms with E-state index in [4.69, 9.17) is 14.0 Å². The molecule has 0 bridgehead atoms. The number of amides is 1. The molecule has 2 saturated heterocycles. The Hall–Kier alpha value is -1.51. The number of hydrogen-bond donors (Lipinski definition) is 0. The maximum Gasteiger partial charge on any atom is 0.240 e. The van der Waals surface area contributed by atoms with Gasteiger partial charge in [-0.2, -0.15) is 4.98 Å². The number of rotatable bonds is 7. The molecule has 2 fully saturated rings. The minimum Gasteiger partial charge on any atom is -0.383 e. The lowest BCUT2D eigenvalue weighted by Gasteiger charge is -2.39. The van der Waals surface area contributed by atoms with Crippen LogP contribution in [0.15, 0.2) is 4.52 Å². The fourth-order valence-electron chi connectivity index (χ4n) is 3.77. The minimum atomic E-state index is -0.249. The highest BCUT2D eigenvalue weighted by atomic mass is 16.5. The van der Waals surface area contributed by atoms with Gasteiger partial charge in [-0.15, -0.1) is 0 Å². The molecule has 0 saturated carbocycles. The second-order valence-corrected chi connectivity index (χ2v) is 6.67. The Kier molecular flexibility index (Phi) is 5.47. The van der Waals surface area contributed by atoms with E-state index in [1.54, 1.807) is 14.2 Å². The van der Waals surface area contributed by atoms with Gasteiger partial charge in [0.25, 0.3) is 0 Å². The van der Waals surface area contributed by atoms with E-state index in [0.717, 1.165) is 38.9 Å². The Labute approximate surface area is 142 Å². The number of nitrogens with zero attached hydrogens (tertiary/aromatic N) is 4. The zero-order chi connectivity index (χ0) is 17.0. The van der Waals surface area contributed by atoms with E-state index in [1.807, 2.05) is 4.90 Å². The van der Waals surface area contributed by atoms with Crippen LogP contribution in [0, 0.1) is 5.41 Å². The predicted octanol–water partition coefficient (Wildman–Crippen LogP) is 0.677. The molecule has 24 heavy (non-hydrogen) atoms. The summed E-state index contributed by atoms with van der Waals surface area (Å²) in [6.07, 6.45) is 2.92. The van der Waals surface area contributed by atoms with Crippen LogP contribution < -0.4 is 0 Å². The first-order valence-electron chi connectivity index (χ1n) is 8.48. The second kappa shape index (κ2) is 7.58. The van der Waals surface area contributed by atoms with Crippen LogP contribution in [0.2, 0.25) is 0 Å². The molecule has 3 rings (SSSR count). The molecule has 1 spiro atoms.